The zero-order valence-corrected chi connectivity index (χ0v) is 9.18. The predicted molar refractivity (Wildman–Crippen MR) is 64.3 cm³/mol. The number of fused-ring (bicyclic) bond motifs is 1. The molecule has 3 heteroatoms. The van der Waals surface area contributed by atoms with Gasteiger partial charge < -0.3 is 5.73 Å². The Hall–Kier alpha value is -1.74. The van der Waals surface area contributed by atoms with E-state index in [0.29, 0.717) is 12.0 Å². The quantitative estimate of drug-likeness (QED) is 0.796. The van der Waals surface area contributed by atoms with Crippen LogP contribution in [0.5, 0.6) is 0 Å². The molecule has 1 atom stereocenters. The number of carbonyl (C=O) groups excluding carboxylic acids is 1. The van der Waals surface area contributed by atoms with Crippen molar-refractivity contribution in [1.82, 2.24) is 4.98 Å². The number of rotatable bonds is 3. The zero-order valence-electron chi connectivity index (χ0n) is 9.18. The van der Waals surface area contributed by atoms with Crippen molar-refractivity contribution in [2.75, 3.05) is 0 Å². The second-order valence-corrected chi connectivity index (χ2v) is 3.99. The van der Waals surface area contributed by atoms with Gasteiger partial charge in [-0.2, -0.15) is 0 Å². The number of nitrogens with two attached hydrogens (primary N) is 1. The minimum absolute atomic E-state index is 0.0549. The van der Waals surface area contributed by atoms with Crippen molar-refractivity contribution in [2.45, 2.75) is 19.4 Å². The molecule has 16 heavy (non-hydrogen) atoms. The van der Waals surface area contributed by atoms with Crippen LogP contribution in [0.2, 0.25) is 0 Å². The average Bonchev–Trinajstić information content (AvgIpc) is 2.27. The number of carbonyl (C=O) groups is 1. The zero-order chi connectivity index (χ0) is 11.5. The van der Waals surface area contributed by atoms with Crippen molar-refractivity contribution in [3.63, 3.8) is 0 Å². The first-order chi connectivity index (χ1) is 7.68. The number of benzene rings is 1. The van der Waals surface area contributed by atoms with Gasteiger partial charge in [0.1, 0.15) is 0 Å². The summed E-state index contributed by atoms with van der Waals surface area (Å²) >= 11 is 0. The first kappa shape index (κ1) is 10.8. The highest BCUT2D eigenvalue weighted by atomic mass is 16.1. The molecule has 1 unspecified atom stereocenters. The fourth-order valence-electron chi connectivity index (χ4n) is 1.73. The van der Waals surface area contributed by atoms with Crippen LogP contribution in [-0.4, -0.2) is 16.8 Å². The van der Waals surface area contributed by atoms with Gasteiger partial charge in [0.15, 0.2) is 5.78 Å². The van der Waals surface area contributed by atoms with Crippen molar-refractivity contribution < 1.29 is 4.79 Å². The third-order valence-corrected chi connectivity index (χ3v) is 2.44. The van der Waals surface area contributed by atoms with Crippen LogP contribution in [0.4, 0.5) is 0 Å². The summed E-state index contributed by atoms with van der Waals surface area (Å²) in [7, 11) is 0. The molecule has 3 nitrogen and oxygen atoms in total. The highest BCUT2D eigenvalue weighted by Gasteiger charge is 2.12. The molecule has 82 valence electrons. The molecule has 0 bridgehead atoms. The average molecular weight is 214 g/mol. The monoisotopic (exact) mass is 214 g/mol. The van der Waals surface area contributed by atoms with Gasteiger partial charge in [0.05, 0.1) is 5.52 Å². The smallest absolute Gasteiger partial charge is 0.166 e. The van der Waals surface area contributed by atoms with Crippen LogP contribution in [0, 0.1) is 0 Å². The SMILES string of the molecule is CC(N)CC(=O)c1cccc2cccnc12. The Morgan fingerprint density at radius 1 is 1.38 bits per heavy atom. The summed E-state index contributed by atoms with van der Waals surface area (Å²) in [5, 5.41) is 0.984. The highest BCUT2D eigenvalue weighted by Crippen LogP contribution is 2.17. The van der Waals surface area contributed by atoms with E-state index in [1.165, 1.54) is 0 Å². The van der Waals surface area contributed by atoms with Crippen molar-refractivity contribution in [1.29, 1.82) is 0 Å². The number of ketones is 1. The fourth-order valence-corrected chi connectivity index (χ4v) is 1.73. The molecule has 0 radical (unpaired) electrons. The van der Waals surface area contributed by atoms with Crippen LogP contribution in [0.25, 0.3) is 10.9 Å². The third kappa shape index (κ3) is 2.09. The van der Waals surface area contributed by atoms with E-state index in [1.807, 2.05) is 31.2 Å². The van der Waals surface area contributed by atoms with Gasteiger partial charge in [-0.1, -0.05) is 18.2 Å². The predicted octanol–water partition coefficient (Wildman–Crippen LogP) is 2.15. The largest absolute Gasteiger partial charge is 0.328 e. The van der Waals surface area contributed by atoms with Crippen LogP contribution in [0.15, 0.2) is 36.5 Å². The van der Waals surface area contributed by atoms with Crippen molar-refractivity contribution in [2.24, 2.45) is 5.73 Å². The van der Waals surface area contributed by atoms with E-state index >= 15 is 0 Å². The van der Waals surface area contributed by atoms with Crippen LogP contribution < -0.4 is 5.73 Å². The van der Waals surface area contributed by atoms with Crippen LogP contribution in [0.1, 0.15) is 23.7 Å². The first-order valence-corrected chi connectivity index (χ1v) is 5.31. The summed E-state index contributed by atoms with van der Waals surface area (Å²) in [5.74, 6) is 0.0549. The summed E-state index contributed by atoms with van der Waals surface area (Å²) in [6, 6.07) is 9.32. The Morgan fingerprint density at radius 3 is 2.88 bits per heavy atom. The Bertz CT molecular complexity index is 515. The Balaban J connectivity index is 2.48. The first-order valence-electron chi connectivity index (χ1n) is 5.31. The molecule has 2 rings (SSSR count). The maximum atomic E-state index is 11.9. The number of hydrogen-bond acceptors (Lipinski definition) is 3. The Morgan fingerprint density at radius 2 is 2.12 bits per heavy atom. The minimum Gasteiger partial charge on any atom is -0.328 e. The van der Waals surface area contributed by atoms with E-state index in [0.717, 1.165) is 10.9 Å². The number of aromatic nitrogens is 1. The van der Waals surface area contributed by atoms with Crippen LogP contribution >= 0.6 is 0 Å². The molecular weight excluding hydrogens is 200 g/mol. The molecule has 0 amide bonds. The van der Waals surface area contributed by atoms with Crippen LogP contribution in [-0.2, 0) is 0 Å². The van der Waals surface area contributed by atoms with E-state index in [9.17, 15) is 4.79 Å². The Labute approximate surface area is 94.3 Å². The van der Waals surface area contributed by atoms with Gasteiger partial charge in [0, 0.05) is 29.6 Å². The number of Topliss-reactive ketones (excluding diaryl/α,β-unsaturated/α-hetero) is 1. The molecule has 1 heterocycles. The number of para-hydroxylation sites is 1. The van der Waals surface area contributed by atoms with Gasteiger partial charge in [-0.3, -0.25) is 9.78 Å². The van der Waals surface area contributed by atoms with E-state index < -0.39 is 0 Å². The fraction of sp³-hybridized carbons (Fsp3) is 0.231. The third-order valence-electron chi connectivity index (χ3n) is 2.44. The summed E-state index contributed by atoms with van der Waals surface area (Å²) in [5.41, 5.74) is 7.06. The lowest BCUT2D eigenvalue weighted by Crippen LogP contribution is -2.19. The van der Waals surface area contributed by atoms with Gasteiger partial charge in [-0.25, -0.2) is 0 Å². The summed E-state index contributed by atoms with van der Waals surface area (Å²) in [6.45, 7) is 1.83. The number of nitrogens with zero attached hydrogens (tertiary/aromatic N) is 1. The summed E-state index contributed by atoms with van der Waals surface area (Å²) < 4.78 is 0. The van der Waals surface area contributed by atoms with Crippen molar-refractivity contribution in [3.8, 4) is 0 Å². The topological polar surface area (TPSA) is 56.0 Å². The molecular formula is C13H14N2O. The molecule has 0 aliphatic heterocycles. The molecule has 2 N–H and O–H groups in total. The van der Waals surface area contributed by atoms with Gasteiger partial charge in [0.25, 0.3) is 0 Å². The molecule has 1 aromatic heterocycles. The van der Waals surface area contributed by atoms with Gasteiger partial charge in [-0.15, -0.1) is 0 Å². The van der Waals surface area contributed by atoms with Gasteiger partial charge in [0.2, 0.25) is 0 Å². The van der Waals surface area contributed by atoms with Gasteiger partial charge in [-0.05, 0) is 19.1 Å². The van der Waals surface area contributed by atoms with Crippen molar-refractivity contribution in [3.05, 3.63) is 42.1 Å². The van der Waals surface area contributed by atoms with Crippen LogP contribution in [0.3, 0.4) is 0 Å². The highest BCUT2D eigenvalue weighted by molar-refractivity contribution is 6.06. The standard InChI is InChI=1S/C13H14N2O/c1-9(14)8-12(16)11-6-2-4-10-5-3-7-15-13(10)11/h2-7,9H,8,14H2,1H3. The Kier molecular flexibility index (Phi) is 2.97. The van der Waals surface area contributed by atoms with E-state index in [2.05, 4.69) is 4.98 Å². The molecule has 0 spiro atoms. The van der Waals surface area contributed by atoms with Crippen molar-refractivity contribution >= 4 is 16.7 Å². The molecule has 0 aliphatic carbocycles. The van der Waals surface area contributed by atoms with E-state index in [4.69, 9.17) is 5.73 Å². The molecule has 0 saturated heterocycles. The lowest BCUT2D eigenvalue weighted by atomic mass is 10.0. The second kappa shape index (κ2) is 4.41. The van der Waals surface area contributed by atoms with E-state index in [-0.39, 0.29) is 11.8 Å². The number of hydrogen-bond donors (Lipinski definition) is 1. The molecule has 2 aromatic rings. The maximum absolute atomic E-state index is 11.9. The molecule has 0 aliphatic rings. The maximum Gasteiger partial charge on any atom is 0.166 e. The van der Waals surface area contributed by atoms with Gasteiger partial charge >= 0.3 is 0 Å². The van der Waals surface area contributed by atoms with E-state index in [1.54, 1.807) is 12.3 Å². The lowest BCUT2D eigenvalue weighted by molar-refractivity contribution is 0.0978. The molecule has 1 aromatic carbocycles. The molecule has 0 fully saturated rings. The summed E-state index contributed by atoms with van der Waals surface area (Å²) in [4.78, 5) is 16.2. The summed E-state index contributed by atoms with van der Waals surface area (Å²) in [6.07, 6.45) is 2.06. The minimum atomic E-state index is -0.119. The normalized spacial score (nSPS) is 12.6. The second-order valence-electron chi connectivity index (χ2n) is 3.99. The lowest BCUT2D eigenvalue weighted by Gasteiger charge is -2.06. The molecule has 0 saturated carbocycles. The number of pyridine rings is 1.